The standard InChI is InChI=1S/C11H25N3O3S/c1-4-14(18(3,16)17)7-5-6-13-11(15)8-10(2)9-12/h10H,4-9,12H2,1-3H3,(H,13,15). The molecular weight excluding hydrogens is 254 g/mol. The van der Waals surface area contributed by atoms with Gasteiger partial charge in [0.2, 0.25) is 15.9 Å². The lowest BCUT2D eigenvalue weighted by molar-refractivity contribution is -0.121. The fourth-order valence-corrected chi connectivity index (χ4v) is 2.44. The third-order valence-corrected chi connectivity index (χ3v) is 4.04. The minimum absolute atomic E-state index is 0.0321. The lowest BCUT2D eigenvalue weighted by atomic mass is 10.1. The molecule has 0 aliphatic carbocycles. The zero-order valence-corrected chi connectivity index (χ0v) is 12.3. The summed E-state index contributed by atoms with van der Waals surface area (Å²) < 4.78 is 24.0. The largest absolute Gasteiger partial charge is 0.356 e. The minimum Gasteiger partial charge on any atom is -0.356 e. The van der Waals surface area contributed by atoms with E-state index in [1.54, 1.807) is 6.92 Å². The summed E-state index contributed by atoms with van der Waals surface area (Å²) in [6, 6.07) is 0. The second-order valence-corrected chi connectivity index (χ2v) is 6.49. The van der Waals surface area contributed by atoms with Crippen molar-refractivity contribution < 1.29 is 13.2 Å². The Hall–Kier alpha value is -0.660. The Kier molecular flexibility index (Phi) is 8.13. The van der Waals surface area contributed by atoms with Crippen LogP contribution >= 0.6 is 0 Å². The average Bonchev–Trinajstić information content (AvgIpc) is 2.27. The maximum atomic E-state index is 11.4. The summed E-state index contributed by atoms with van der Waals surface area (Å²) in [6.45, 7) is 5.58. The molecule has 1 unspecified atom stereocenters. The van der Waals surface area contributed by atoms with Gasteiger partial charge < -0.3 is 11.1 Å². The molecule has 3 N–H and O–H groups in total. The van der Waals surface area contributed by atoms with E-state index in [9.17, 15) is 13.2 Å². The van der Waals surface area contributed by atoms with Crippen molar-refractivity contribution in [1.29, 1.82) is 0 Å². The van der Waals surface area contributed by atoms with Crippen LogP contribution in [0.25, 0.3) is 0 Å². The van der Waals surface area contributed by atoms with Gasteiger partial charge in [0.05, 0.1) is 6.26 Å². The van der Waals surface area contributed by atoms with Gasteiger partial charge >= 0.3 is 0 Å². The molecule has 0 saturated heterocycles. The molecule has 0 saturated carbocycles. The van der Waals surface area contributed by atoms with Crippen LogP contribution in [-0.2, 0) is 14.8 Å². The minimum atomic E-state index is -3.13. The number of hydrogen-bond donors (Lipinski definition) is 2. The first-order valence-electron chi connectivity index (χ1n) is 6.23. The van der Waals surface area contributed by atoms with E-state index in [2.05, 4.69) is 5.32 Å². The van der Waals surface area contributed by atoms with E-state index in [0.717, 1.165) is 0 Å². The van der Waals surface area contributed by atoms with E-state index in [1.165, 1.54) is 10.6 Å². The predicted molar refractivity (Wildman–Crippen MR) is 72.6 cm³/mol. The van der Waals surface area contributed by atoms with E-state index in [-0.39, 0.29) is 11.8 Å². The summed E-state index contributed by atoms with van der Waals surface area (Å²) >= 11 is 0. The Morgan fingerprint density at radius 1 is 1.44 bits per heavy atom. The smallest absolute Gasteiger partial charge is 0.220 e. The number of carbonyl (C=O) groups is 1. The first kappa shape index (κ1) is 17.3. The van der Waals surface area contributed by atoms with Gasteiger partial charge in [0.1, 0.15) is 0 Å². The topological polar surface area (TPSA) is 92.5 Å². The van der Waals surface area contributed by atoms with Crippen molar-refractivity contribution in [2.75, 3.05) is 32.4 Å². The molecule has 0 aliphatic rings. The zero-order valence-electron chi connectivity index (χ0n) is 11.5. The summed E-state index contributed by atoms with van der Waals surface area (Å²) in [7, 11) is -3.13. The molecule has 0 radical (unpaired) electrons. The summed E-state index contributed by atoms with van der Waals surface area (Å²) in [6.07, 6.45) is 2.22. The Balaban J connectivity index is 3.83. The van der Waals surface area contributed by atoms with Crippen LogP contribution in [0.1, 0.15) is 26.7 Å². The maximum absolute atomic E-state index is 11.4. The highest BCUT2D eigenvalue weighted by Crippen LogP contribution is 2.00. The van der Waals surface area contributed by atoms with Crippen LogP contribution in [0.15, 0.2) is 0 Å². The Bertz CT molecular complexity index is 343. The molecule has 0 aliphatic heterocycles. The predicted octanol–water partition coefficient (Wildman–Crippen LogP) is -0.241. The number of rotatable bonds is 9. The summed E-state index contributed by atoms with van der Waals surface area (Å²) in [5, 5.41) is 2.76. The molecule has 0 spiro atoms. The molecule has 0 fully saturated rings. The number of hydrogen-bond acceptors (Lipinski definition) is 4. The fraction of sp³-hybridized carbons (Fsp3) is 0.909. The Morgan fingerprint density at radius 2 is 2.06 bits per heavy atom. The lowest BCUT2D eigenvalue weighted by Crippen LogP contribution is -2.34. The van der Waals surface area contributed by atoms with Crippen molar-refractivity contribution in [1.82, 2.24) is 9.62 Å². The molecule has 0 rings (SSSR count). The van der Waals surface area contributed by atoms with Gasteiger partial charge in [0.15, 0.2) is 0 Å². The Labute approximate surface area is 110 Å². The monoisotopic (exact) mass is 279 g/mol. The average molecular weight is 279 g/mol. The van der Waals surface area contributed by atoms with Crippen molar-refractivity contribution in [2.45, 2.75) is 26.7 Å². The SMILES string of the molecule is CCN(CCCNC(=O)CC(C)CN)S(C)(=O)=O. The zero-order chi connectivity index (χ0) is 14.2. The van der Waals surface area contributed by atoms with E-state index < -0.39 is 10.0 Å². The molecular formula is C11H25N3O3S. The number of nitrogens with one attached hydrogen (secondary N) is 1. The number of carbonyl (C=O) groups excluding carboxylic acids is 1. The molecule has 18 heavy (non-hydrogen) atoms. The molecule has 0 bridgehead atoms. The number of sulfonamides is 1. The molecule has 108 valence electrons. The molecule has 0 heterocycles. The van der Waals surface area contributed by atoms with Gasteiger partial charge in [-0.3, -0.25) is 4.79 Å². The summed E-state index contributed by atoms with van der Waals surface area (Å²) in [5.74, 6) is 0.142. The van der Waals surface area contributed by atoms with E-state index in [0.29, 0.717) is 39.0 Å². The summed E-state index contributed by atoms with van der Waals surface area (Å²) in [4.78, 5) is 11.4. The van der Waals surface area contributed by atoms with Gasteiger partial charge in [-0.2, -0.15) is 0 Å². The first-order valence-corrected chi connectivity index (χ1v) is 8.08. The second kappa shape index (κ2) is 8.44. The van der Waals surface area contributed by atoms with Crippen molar-refractivity contribution in [3.8, 4) is 0 Å². The summed E-state index contributed by atoms with van der Waals surface area (Å²) in [5.41, 5.74) is 5.43. The van der Waals surface area contributed by atoms with Crippen LogP contribution in [-0.4, -0.2) is 51.1 Å². The van der Waals surface area contributed by atoms with Gasteiger partial charge in [-0.1, -0.05) is 13.8 Å². The van der Waals surface area contributed by atoms with Gasteiger partial charge in [0, 0.05) is 26.1 Å². The van der Waals surface area contributed by atoms with E-state index in [4.69, 9.17) is 5.73 Å². The van der Waals surface area contributed by atoms with Crippen molar-refractivity contribution >= 4 is 15.9 Å². The molecule has 7 heteroatoms. The van der Waals surface area contributed by atoms with Gasteiger partial charge in [0.25, 0.3) is 0 Å². The highest BCUT2D eigenvalue weighted by Gasteiger charge is 2.13. The van der Waals surface area contributed by atoms with Crippen LogP contribution in [0.5, 0.6) is 0 Å². The van der Waals surface area contributed by atoms with Crippen LogP contribution in [0.4, 0.5) is 0 Å². The van der Waals surface area contributed by atoms with Gasteiger partial charge in [-0.15, -0.1) is 0 Å². The molecule has 1 atom stereocenters. The van der Waals surface area contributed by atoms with E-state index >= 15 is 0 Å². The number of nitrogens with zero attached hydrogens (tertiary/aromatic N) is 1. The molecule has 0 aromatic carbocycles. The van der Waals surface area contributed by atoms with Gasteiger partial charge in [-0.05, 0) is 18.9 Å². The molecule has 0 aromatic rings. The third-order valence-electron chi connectivity index (χ3n) is 2.66. The molecule has 6 nitrogen and oxygen atoms in total. The molecule has 0 aromatic heterocycles. The normalized spacial score (nSPS) is 13.6. The van der Waals surface area contributed by atoms with Crippen molar-refractivity contribution in [3.05, 3.63) is 0 Å². The highest BCUT2D eigenvalue weighted by atomic mass is 32.2. The van der Waals surface area contributed by atoms with Crippen LogP contribution in [0, 0.1) is 5.92 Å². The fourth-order valence-electron chi connectivity index (χ4n) is 1.51. The van der Waals surface area contributed by atoms with Gasteiger partial charge in [-0.25, -0.2) is 12.7 Å². The van der Waals surface area contributed by atoms with Crippen molar-refractivity contribution in [3.63, 3.8) is 0 Å². The maximum Gasteiger partial charge on any atom is 0.220 e. The first-order chi connectivity index (χ1) is 8.31. The quantitative estimate of drug-likeness (QED) is 0.570. The second-order valence-electron chi connectivity index (χ2n) is 4.50. The Morgan fingerprint density at radius 3 is 2.50 bits per heavy atom. The highest BCUT2D eigenvalue weighted by molar-refractivity contribution is 7.88. The lowest BCUT2D eigenvalue weighted by Gasteiger charge is -2.17. The van der Waals surface area contributed by atoms with Crippen LogP contribution in [0.2, 0.25) is 0 Å². The number of amides is 1. The third kappa shape index (κ3) is 7.62. The van der Waals surface area contributed by atoms with Crippen LogP contribution in [0.3, 0.4) is 0 Å². The van der Waals surface area contributed by atoms with E-state index in [1.807, 2.05) is 6.92 Å². The molecule has 1 amide bonds. The van der Waals surface area contributed by atoms with Crippen LogP contribution < -0.4 is 11.1 Å². The van der Waals surface area contributed by atoms with Crippen molar-refractivity contribution in [2.24, 2.45) is 11.7 Å². The number of nitrogens with two attached hydrogens (primary N) is 1.